The van der Waals surface area contributed by atoms with Gasteiger partial charge in [-0.1, -0.05) is 0 Å². The Bertz CT molecular complexity index is 63.9. The second-order valence-electron chi connectivity index (χ2n) is 2.12. The monoisotopic (exact) mass is 148 g/mol. The molecule has 0 aliphatic carbocycles. The topological polar surface area (TPSA) is 38.7 Å². The highest BCUT2D eigenvalue weighted by atomic mass is 16.5. The summed E-state index contributed by atoms with van der Waals surface area (Å²) in [5.41, 5.74) is 0. The second-order valence-corrected chi connectivity index (χ2v) is 2.12. The van der Waals surface area contributed by atoms with Gasteiger partial charge in [-0.25, -0.2) is 0 Å². The first-order chi connectivity index (χ1) is 4.77. The molecule has 0 aromatic rings. The Morgan fingerprint density at radius 3 is 2.40 bits per heavy atom. The predicted octanol–water partition coefficient (Wildman–Crippen LogP) is 0.420. The van der Waals surface area contributed by atoms with Crippen molar-refractivity contribution in [3.63, 3.8) is 0 Å². The van der Waals surface area contributed by atoms with Gasteiger partial charge in [-0.05, 0) is 13.8 Å². The van der Waals surface area contributed by atoms with Crippen molar-refractivity contribution in [2.45, 2.75) is 20.0 Å². The third-order valence-corrected chi connectivity index (χ3v) is 0.935. The Morgan fingerprint density at radius 2 is 1.90 bits per heavy atom. The van der Waals surface area contributed by atoms with E-state index in [9.17, 15) is 0 Å². The van der Waals surface area contributed by atoms with Crippen LogP contribution in [0.5, 0.6) is 0 Å². The molecule has 0 rings (SSSR count). The molecule has 0 radical (unpaired) electrons. The fraction of sp³-hybridized carbons (Fsp3) is 1.00. The summed E-state index contributed by atoms with van der Waals surface area (Å²) in [4.78, 5) is 0. The molecule has 0 unspecified atom stereocenters. The molecule has 0 aromatic heterocycles. The molecule has 0 aliphatic heterocycles. The molecule has 0 aromatic carbocycles. The van der Waals surface area contributed by atoms with Crippen molar-refractivity contribution in [3.8, 4) is 0 Å². The molecule has 0 amide bonds. The lowest BCUT2D eigenvalue weighted by Gasteiger charge is -2.05. The van der Waals surface area contributed by atoms with Crippen LogP contribution in [0.3, 0.4) is 0 Å². The van der Waals surface area contributed by atoms with Crippen LogP contribution in [0.25, 0.3) is 0 Å². The third kappa shape index (κ3) is 7.88. The Hall–Kier alpha value is -0.120. The van der Waals surface area contributed by atoms with Crippen LogP contribution in [-0.4, -0.2) is 37.6 Å². The largest absolute Gasteiger partial charge is 0.391 e. The molecule has 0 heterocycles. The van der Waals surface area contributed by atoms with Crippen LogP contribution < -0.4 is 0 Å². The minimum absolute atomic E-state index is 0.373. The first kappa shape index (κ1) is 9.88. The van der Waals surface area contributed by atoms with E-state index in [4.69, 9.17) is 14.6 Å². The highest BCUT2D eigenvalue weighted by Gasteiger charge is 1.93. The van der Waals surface area contributed by atoms with Crippen molar-refractivity contribution in [2.75, 3.05) is 26.4 Å². The maximum Gasteiger partial charge on any atom is 0.0745 e. The fourth-order valence-electron chi connectivity index (χ4n) is 0.516. The SMILES string of the molecule is CCOCCOC[C@H](C)O. The molecule has 10 heavy (non-hydrogen) atoms. The zero-order chi connectivity index (χ0) is 7.82. The number of aliphatic hydroxyl groups excluding tert-OH is 1. The van der Waals surface area contributed by atoms with Crippen molar-refractivity contribution >= 4 is 0 Å². The average Bonchev–Trinajstić information content (AvgIpc) is 1.87. The van der Waals surface area contributed by atoms with Gasteiger partial charge >= 0.3 is 0 Å². The van der Waals surface area contributed by atoms with Crippen molar-refractivity contribution in [1.29, 1.82) is 0 Å². The van der Waals surface area contributed by atoms with Crippen molar-refractivity contribution < 1.29 is 14.6 Å². The molecule has 1 N–H and O–H groups in total. The lowest BCUT2D eigenvalue weighted by molar-refractivity contribution is 0.0120. The zero-order valence-electron chi connectivity index (χ0n) is 6.67. The highest BCUT2D eigenvalue weighted by Crippen LogP contribution is 1.82. The normalized spacial score (nSPS) is 13.5. The Labute approximate surface area is 62.0 Å². The Morgan fingerprint density at radius 1 is 1.30 bits per heavy atom. The molecule has 0 saturated carbocycles. The minimum Gasteiger partial charge on any atom is -0.391 e. The first-order valence-electron chi connectivity index (χ1n) is 3.61. The molecule has 3 heteroatoms. The van der Waals surface area contributed by atoms with Gasteiger partial charge in [-0.3, -0.25) is 0 Å². The van der Waals surface area contributed by atoms with E-state index in [-0.39, 0.29) is 6.10 Å². The maximum atomic E-state index is 8.74. The van der Waals surface area contributed by atoms with E-state index >= 15 is 0 Å². The molecule has 62 valence electrons. The first-order valence-corrected chi connectivity index (χ1v) is 3.61. The molecule has 1 atom stereocenters. The van der Waals surface area contributed by atoms with E-state index in [0.717, 1.165) is 6.61 Å². The number of ether oxygens (including phenoxy) is 2. The van der Waals surface area contributed by atoms with Crippen LogP contribution in [-0.2, 0) is 9.47 Å². The van der Waals surface area contributed by atoms with Gasteiger partial charge in [0.1, 0.15) is 0 Å². The van der Waals surface area contributed by atoms with E-state index in [2.05, 4.69) is 0 Å². The average molecular weight is 148 g/mol. The predicted molar refractivity (Wildman–Crippen MR) is 39.0 cm³/mol. The summed E-state index contributed by atoms with van der Waals surface area (Å²) >= 11 is 0. The van der Waals surface area contributed by atoms with E-state index in [1.54, 1.807) is 6.92 Å². The standard InChI is InChI=1S/C7H16O3/c1-3-9-4-5-10-6-7(2)8/h7-8H,3-6H2,1-2H3/t7-/m0/s1. The van der Waals surface area contributed by atoms with E-state index in [1.807, 2.05) is 6.92 Å². The number of hydrogen-bond acceptors (Lipinski definition) is 3. The Balaban J connectivity index is 2.77. The Kier molecular flexibility index (Phi) is 6.91. The molecule has 0 bridgehead atoms. The molecule has 0 spiro atoms. The second kappa shape index (κ2) is 6.99. The van der Waals surface area contributed by atoms with Crippen molar-refractivity contribution in [1.82, 2.24) is 0 Å². The van der Waals surface area contributed by atoms with Gasteiger partial charge in [0.2, 0.25) is 0 Å². The summed E-state index contributed by atoms with van der Waals surface area (Å²) in [6.45, 7) is 5.93. The van der Waals surface area contributed by atoms with E-state index < -0.39 is 0 Å². The van der Waals surface area contributed by atoms with Crippen LogP contribution in [0.4, 0.5) is 0 Å². The van der Waals surface area contributed by atoms with Crippen LogP contribution in [0.15, 0.2) is 0 Å². The van der Waals surface area contributed by atoms with Crippen LogP contribution in [0, 0.1) is 0 Å². The van der Waals surface area contributed by atoms with Gasteiger partial charge in [0.25, 0.3) is 0 Å². The molecule has 3 nitrogen and oxygen atoms in total. The zero-order valence-corrected chi connectivity index (χ0v) is 6.67. The van der Waals surface area contributed by atoms with E-state index in [1.165, 1.54) is 0 Å². The maximum absolute atomic E-state index is 8.74. The lowest BCUT2D eigenvalue weighted by atomic mass is 10.4. The summed E-state index contributed by atoms with van der Waals surface area (Å²) in [6.07, 6.45) is -0.373. The minimum atomic E-state index is -0.373. The smallest absolute Gasteiger partial charge is 0.0745 e. The molecular weight excluding hydrogens is 132 g/mol. The van der Waals surface area contributed by atoms with Gasteiger partial charge in [0.05, 0.1) is 25.9 Å². The number of aliphatic hydroxyl groups is 1. The highest BCUT2D eigenvalue weighted by molar-refractivity contribution is 4.40. The molecule has 0 fully saturated rings. The quantitative estimate of drug-likeness (QED) is 0.555. The van der Waals surface area contributed by atoms with Crippen LogP contribution >= 0.6 is 0 Å². The number of hydrogen-bond donors (Lipinski definition) is 1. The van der Waals surface area contributed by atoms with Gasteiger partial charge in [-0.2, -0.15) is 0 Å². The molecule has 0 saturated heterocycles. The lowest BCUT2D eigenvalue weighted by Crippen LogP contribution is -2.13. The van der Waals surface area contributed by atoms with Gasteiger partial charge in [0.15, 0.2) is 0 Å². The fourth-order valence-corrected chi connectivity index (χ4v) is 0.516. The summed E-state index contributed by atoms with van der Waals surface area (Å²) in [5, 5.41) is 8.74. The van der Waals surface area contributed by atoms with E-state index in [0.29, 0.717) is 19.8 Å². The van der Waals surface area contributed by atoms with Crippen LogP contribution in [0.2, 0.25) is 0 Å². The summed E-state index contributed by atoms with van der Waals surface area (Å²) in [5.74, 6) is 0. The van der Waals surface area contributed by atoms with Crippen molar-refractivity contribution in [2.24, 2.45) is 0 Å². The third-order valence-electron chi connectivity index (χ3n) is 0.935. The summed E-state index contributed by atoms with van der Waals surface area (Å²) < 4.78 is 10.0. The molecular formula is C7H16O3. The summed E-state index contributed by atoms with van der Waals surface area (Å²) in [7, 11) is 0. The molecule has 0 aliphatic rings. The van der Waals surface area contributed by atoms with Gasteiger partial charge in [0, 0.05) is 6.61 Å². The number of rotatable bonds is 6. The van der Waals surface area contributed by atoms with Crippen molar-refractivity contribution in [3.05, 3.63) is 0 Å². The van der Waals surface area contributed by atoms with Gasteiger partial charge < -0.3 is 14.6 Å². The summed E-state index contributed by atoms with van der Waals surface area (Å²) in [6, 6.07) is 0. The van der Waals surface area contributed by atoms with Gasteiger partial charge in [-0.15, -0.1) is 0 Å². The van der Waals surface area contributed by atoms with Crippen LogP contribution in [0.1, 0.15) is 13.8 Å².